The van der Waals surface area contributed by atoms with Crippen LogP contribution in [0.4, 0.5) is 0 Å². The van der Waals surface area contributed by atoms with E-state index in [-0.39, 0.29) is 17.9 Å². The smallest absolute Gasteiger partial charge is 0.340 e. The number of fused-ring (bicyclic) bond motifs is 1. The van der Waals surface area contributed by atoms with Crippen LogP contribution >= 0.6 is 0 Å². The van der Waals surface area contributed by atoms with Crippen LogP contribution in [-0.4, -0.2) is 49.2 Å². The van der Waals surface area contributed by atoms with Crippen LogP contribution in [0, 0.1) is 6.92 Å². The van der Waals surface area contributed by atoms with Crippen molar-refractivity contribution >= 4 is 22.8 Å². The van der Waals surface area contributed by atoms with Gasteiger partial charge < -0.3 is 23.9 Å². The Morgan fingerprint density at radius 1 is 1.09 bits per heavy atom. The number of likely N-dealkylation sites (tertiary alicyclic amines) is 1. The van der Waals surface area contributed by atoms with Gasteiger partial charge in [-0.25, -0.2) is 4.79 Å². The first-order chi connectivity index (χ1) is 16.3. The van der Waals surface area contributed by atoms with Crippen LogP contribution in [0.5, 0.6) is 11.5 Å². The Balaban J connectivity index is 1.59. The molecule has 0 radical (unpaired) electrons. The zero-order valence-corrected chi connectivity index (χ0v) is 19.4. The number of piperidine rings is 1. The van der Waals surface area contributed by atoms with E-state index in [4.69, 9.17) is 13.9 Å². The Kier molecular flexibility index (Phi) is 6.32. The van der Waals surface area contributed by atoms with Crippen molar-refractivity contribution in [1.29, 1.82) is 0 Å². The average Bonchev–Trinajstić information content (AvgIpc) is 2.85. The van der Waals surface area contributed by atoms with Gasteiger partial charge in [-0.05, 0) is 30.9 Å². The molecule has 34 heavy (non-hydrogen) atoms. The third-order valence-electron chi connectivity index (χ3n) is 6.81. The van der Waals surface area contributed by atoms with Crippen LogP contribution in [0.2, 0.25) is 0 Å². The van der Waals surface area contributed by atoms with Gasteiger partial charge in [0.05, 0.1) is 37.0 Å². The maximum absolute atomic E-state index is 13.1. The summed E-state index contributed by atoms with van der Waals surface area (Å²) in [6, 6.07) is 12.4. The minimum absolute atomic E-state index is 0.134. The van der Waals surface area contributed by atoms with Crippen LogP contribution < -0.4 is 15.1 Å². The lowest BCUT2D eigenvalue weighted by Gasteiger charge is -2.39. The second-order valence-electron chi connectivity index (χ2n) is 8.51. The highest BCUT2D eigenvalue weighted by atomic mass is 16.5. The highest BCUT2D eigenvalue weighted by molar-refractivity contribution is 5.90. The summed E-state index contributed by atoms with van der Waals surface area (Å²) in [5, 5.41) is 10.6. The summed E-state index contributed by atoms with van der Waals surface area (Å²) < 4.78 is 16.2. The molecule has 1 aliphatic heterocycles. The molecule has 0 saturated carbocycles. The Hall–Kier alpha value is -3.81. The van der Waals surface area contributed by atoms with E-state index in [0.717, 1.165) is 5.56 Å². The number of ether oxygens (including phenoxy) is 2. The third kappa shape index (κ3) is 4.00. The topological polar surface area (TPSA) is 106 Å². The molecule has 2 aromatic carbocycles. The highest BCUT2D eigenvalue weighted by Crippen LogP contribution is 2.37. The second kappa shape index (κ2) is 9.21. The zero-order valence-electron chi connectivity index (χ0n) is 19.4. The first-order valence-electron chi connectivity index (χ1n) is 11.1. The van der Waals surface area contributed by atoms with Gasteiger partial charge in [0.2, 0.25) is 5.91 Å². The fourth-order valence-electron chi connectivity index (χ4n) is 4.75. The van der Waals surface area contributed by atoms with Gasteiger partial charge in [-0.15, -0.1) is 0 Å². The molecule has 3 aromatic rings. The Morgan fingerprint density at radius 2 is 1.76 bits per heavy atom. The van der Waals surface area contributed by atoms with Gasteiger partial charge in [-0.2, -0.15) is 0 Å². The fraction of sp³-hybridized carbons (Fsp3) is 0.346. The Morgan fingerprint density at radius 3 is 2.35 bits per heavy atom. The molecule has 0 unspecified atom stereocenters. The summed E-state index contributed by atoms with van der Waals surface area (Å²) in [5.74, 6) is -0.158. The third-order valence-corrected chi connectivity index (χ3v) is 6.81. The van der Waals surface area contributed by atoms with Crippen molar-refractivity contribution in [3.63, 3.8) is 0 Å². The molecule has 1 N–H and O–H groups in total. The van der Waals surface area contributed by atoms with E-state index in [1.807, 2.05) is 30.3 Å². The summed E-state index contributed by atoms with van der Waals surface area (Å²) in [7, 11) is 3.02. The number of carbonyl (C=O) groups excluding carboxylic acids is 1. The van der Waals surface area contributed by atoms with Gasteiger partial charge in [0.25, 0.3) is 0 Å². The van der Waals surface area contributed by atoms with Gasteiger partial charge in [0.15, 0.2) is 0 Å². The number of benzene rings is 2. The molecule has 8 heteroatoms. The number of hydrogen-bond donors (Lipinski definition) is 1. The molecular formula is C26H27NO7. The number of rotatable bonds is 6. The molecule has 0 atom stereocenters. The van der Waals surface area contributed by atoms with Gasteiger partial charge >= 0.3 is 11.6 Å². The van der Waals surface area contributed by atoms with Crippen LogP contribution in [0.15, 0.2) is 51.7 Å². The first kappa shape index (κ1) is 23.4. The monoisotopic (exact) mass is 465 g/mol. The zero-order chi connectivity index (χ0) is 24.5. The lowest BCUT2D eigenvalue weighted by atomic mass is 9.73. The van der Waals surface area contributed by atoms with E-state index >= 15 is 0 Å². The van der Waals surface area contributed by atoms with Crippen molar-refractivity contribution in [3.8, 4) is 11.5 Å². The minimum Gasteiger partial charge on any atom is -0.496 e. The largest absolute Gasteiger partial charge is 0.496 e. The molecule has 4 rings (SSSR count). The number of aryl methyl sites for hydroxylation is 1. The number of amides is 1. The van der Waals surface area contributed by atoms with E-state index in [1.54, 1.807) is 24.0 Å². The summed E-state index contributed by atoms with van der Waals surface area (Å²) in [6.45, 7) is 2.34. The van der Waals surface area contributed by atoms with Gasteiger partial charge in [0, 0.05) is 25.2 Å². The normalized spacial score (nSPS) is 15.2. The van der Waals surface area contributed by atoms with Crippen LogP contribution in [-0.2, 0) is 21.4 Å². The molecule has 1 amide bonds. The van der Waals surface area contributed by atoms with E-state index < -0.39 is 17.0 Å². The van der Waals surface area contributed by atoms with Crippen LogP contribution in [0.1, 0.15) is 29.5 Å². The lowest BCUT2D eigenvalue weighted by Crippen LogP contribution is -2.49. The molecule has 0 bridgehead atoms. The Labute approximate surface area is 196 Å². The molecule has 1 saturated heterocycles. The van der Waals surface area contributed by atoms with Crippen molar-refractivity contribution < 1.29 is 28.6 Å². The molecule has 0 spiro atoms. The number of nitrogens with zero attached hydrogens (tertiary/aromatic N) is 1. The fourth-order valence-corrected chi connectivity index (χ4v) is 4.75. The number of carbonyl (C=O) groups is 2. The highest BCUT2D eigenvalue weighted by Gasteiger charge is 2.43. The number of methoxy groups -OCH3 is 2. The maximum atomic E-state index is 13.1. The van der Waals surface area contributed by atoms with Crippen LogP contribution in [0.25, 0.3) is 11.0 Å². The minimum atomic E-state index is -1.03. The van der Waals surface area contributed by atoms with Crippen molar-refractivity contribution in [2.45, 2.75) is 31.6 Å². The SMILES string of the molecule is COc1cc(OC)c2c(C)c(CC(=O)N3CCC(C(=O)O)(c4ccccc4)CC3)c(=O)oc2c1. The molecule has 1 fully saturated rings. The maximum Gasteiger partial charge on any atom is 0.340 e. The standard InChI is InChI=1S/C26H27NO7/c1-16-19(24(29)34-21-14-18(32-2)13-20(33-3)23(16)21)15-22(28)27-11-9-26(10-12-27,25(30)31)17-7-5-4-6-8-17/h4-8,13-14H,9-12,15H2,1-3H3,(H,30,31). The van der Waals surface area contributed by atoms with Crippen molar-refractivity contribution in [3.05, 3.63) is 69.6 Å². The summed E-state index contributed by atoms with van der Waals surface area (Å²) >= 11 is 0. The number of aliphatic carboxylic acids is 1. The lowest BCUT2D eigenvalue weighted by molar-refractivity contribution is -0.148. The molecule has 178 valence electrons. The average molecular weight is 466 g/mol. The summed E-state index contributed by atoms with van der Waals surface area (Å²) in [4.78, 5) is 39.7. The van der Waals surface area contributed by atoms with Gasteiger partial charge in [-0.3, -0.25) is 9.59 Å². The van der Waals surface area contributed by atoms with E-state index in [1.165, 1.54) is 14.2 Å². The quantitative estimate of drug-likeness (QED) is 0.557. The molecule has 1 aliphatic rings. The van der Waals surface area contributed by atoms with Gasteiger partial charge in [-0.1, -0.05) is 30.3 Å². The van der Waals surface area contributed by atoms with E-state index in [9.17, 15) is 19.5 Å². The first-order valence-corrected chi connectivity index (χ1v) is 11.1. The number of hydrogen-bond acceptors (Lipinski definition) is 6. The predicted molar refractivity (Wildman–Crippen MR) is 126 cm³/mol. The second-order valence-corrected chi connectivity index (χ2v) is 8.51. The molecule has 0 aliphatic carbocycles. The molecule has 2 heterocycles. The summed E-state index contributed by atoms with van der Waals surface area (Å²) in [6.07, 6.45) is 0.471. The van der Waals surface area contributed by atoms with Crippen LogP contribution in [0.3, 0.4) is 0 Å². The molecule has 8 nitrogen and oxygen atoms in total. The Bertz CT molecular complexity index is 1290. The summed E-state index contributed by atoms with van der Waals surface area (Å²) in [5.41, 5.74) is 0.321. The van der Waals surface area contributed by atoms with Gasteiger partial charge in [0.1, 0.15) is 17.1 Å². The van der Waals surface area contributed by atoms with Crippen molar-refractivity contribution in [2.24, 2.45) is 0 Å². The van der Waals surface area contributed by atoms with Crippen molar-refractivity contribution in [1.82, 2.24) is 4.90 Å². The molecule has 1 aromatic heterocycles. The predicted octanol–water partition coefficient (Wildman–Crippen LogP) is 3.31. The van der Waals surface area contributed by atoms with E-state index in [2.05, 4.69) is 0 Å². The van der Waals surface area contributed by atoms with E-state index in [0.29, 0.717) is 54.0 Å². The number of carboxylic acid groups (broad SMARTS) is 1. The van der Waals surface area contributed by atoms with Crippen molar-refractivity contribution in [2.75, 3.05) is 27.3 Å². The molecular weight excluding hydrogens is 438 g/mol. The number of carboxylic acids is 1.